The predicted molar refractivity (Wildman–Crippen MR) is 130 cm³/mol. The summed E-state index contributed by atoms with van der Waals surface area (Å²) in [5.74, 6) is 0.502. The lowest BCUT2D eigenvalue weighted by atomic mass is 10.1. The SMILES string of the molecule is CC(=O)Nc1ccc(-c2nc3cc(C(=O)NCCN)ccn3c2NCc2ccccc2)cc1. The Bertz CT molecular complexity index is 1270. The number of anilines is 2. The topological polar surface area (TPSA) is 114 Å². The molecule has 0 radical (unpaired) electrons. The van der Waals surface area contributed by atoms with E-state index in [9.17, 15) is 9.59 Å². The van der Waals surface area contributed by atoms with Crippen LogP contribution in [-0.4, -0.2) is 34.3 Å². The molecule has 2 aromatic heterocycles. The van der Waals surface area contributed by atoms with Crippen LogP contribution in [0.2, 0.25) is 0 Å². The summed E-state index contributed by atoms with van der Waals surface area (Å²) in [4.78, 5) is 28.5. The minimum Gasteiger partial charge on any atom is -0.365 e. The Kier molecular flexibility index (Phi) is 6.66. The standard InChI is InChI=1S/C25H26N6O2/c1-17(32)29-21-9-7-19(8-10-21)23-24(28-16-18-5-3-2-4-6-18)31-14-11-20(15-22(31)30-23)25(33)27-13-12-26/h2-11,14-15,28H,12-13,16,26H2,1H3,(H,27,33)(H,29,32). The number of carbonyl (C=O) groups is 2. The number of aromatic nitrogens is 2. The first-order valence-corrected chi connectivity index (χ1v) is 10.7. The van der Waals surface area contributed by atoms with Gasteiger partial charge in [0.15, 0.2) is 0 Å². The van der Waals surface area contributed by atoms with E-state index in [1.54, 1.807) is 12.1 Å². The highest BCUT2D eigenvalue weighted by Crippen LogP contribution is 2.30. The van der Waals surface area contributed by atoms with E-state index in [2.05, 4.69) is 28.1 Å². The molecule has 2 aromatic carbocycles. The van der Waals surface area contributed by atoms with Crippen LogP contribution >= 0.6 is 0 Å². The summed E-state index contributed by atoms with van der Waals surface area (Å²) in [5.41, 5.74) is 10.1. The van der Waals surface area contributed by atoms with Crippen LogP contribution in [0.25, 0.3) is 16.9 Å². The molecule has 0 saturated heterocycles. The van der Waals surface area contributed by atoms with Crippen LogP contribution < -0.4 is 21.7 Å². The first-order chi connectivity index (χ1) is 16.0. The third-order valence-electron chi connectivity index (χ3n) is 5.10. The van der Waals surface area contributed by atoms with E-state index >= 15 is 0 Å². The molecule has 0 bridgehead atoms. The Hall–Kier alpha value is -4.17. The number of hydrogen-bond donors (Lipinski definition) is 4. The van der Waals surface area contributed by atoms with Gasteiger partial charge in [-0.3, -0.25) is 14.0 Å². The van der Waals surface area contributed by atoms with Crippen molar-refractivity contribution in [2.45, 2.75) is 13.5 Å². The van der Waals surface area contributed by atoms with Gasteiger partial charge in [0.1, 0.15) is 17.2 Å². The van der Waals surface area contributed by atoms with Crippen molar-refractivity contribution in [1.82, 2.24) is 14.7 Å². The van der Waals surface area contributed by atoms with E-state index in [0.717, 1.165) is 22.6 Å². The molecule has 0 spiro atoms. The molecule has 0 unspecified atom stereocenters. The van der Waals surface area contributed by atoms with Gasteiger partial charge in [-0.05, 0) is 29.8 Å². The molecule has 168 valence electrons. The number of carbonyl (C=O) groups excluding carboxylic acids is 2. The summed E-state index contributed by atoms with van der Waals surface area (Å²) >= 11 is 0. The molecular formula is C25H26N6O2. The molecule has 0 fully saturated rings. The van der Waals surface area contributed by atoms with Gasteiger partial charge in [-0.1, -0.05) is 42.5 Å². The van der Waals surface area contributed by atoms with Gasteiger partial charge in [0.2, 0.25) is 5.91 Å². The third kappa shape index (κ3) is 5.19. The van der Waals surface area contributed by atoms with Gasteiger partial charge in [0, 0.05) is 49.6 Å². The lowest BCUT2D eigenvalue weighted by molar-refractivity contribution is -0.114. The van der Waals surface area contributed by atoms with Crippen LogP contribution in [-0.2, 0) is 11.3 Å². The molecular weight excluding hydrogens is 416 g/mol. The average Bonchev–Trinajstić information content (AvgIpc) is 3.19. The summed E-state index contributed by atoms with van der Waals surface area (Å²) in [6.07, 6.45) is 1.84. The van der Waals surface area contributed by atoms with Crippen molar-refractivity contribution in [2.24, 2.45) is 5.73 Å². The number of imidazole rings is 1. The van der Waals surface area contributed by atoms with Gasteiger partial charge in [0.25, 0.3) is 5.91 Å². The normalized spacial score (nSPS) is 10.7. The van der Waals surface area contributed by atoms with Crippen LogP contribution in [0.15, 0.2) is 72.9 Å². The fourth-order valence-electron chi connectivity index (χ4n) is 3.54. The molecule has 0 atom stereocenters. The number of nitrogens with zero attached hydrogens (tertiary/aromatic N) is 2. The number of nitrogens with two attached hydrogens (primary N) is 1. The second-order valence-electron chi connectivity index (χ2n) is 7.59. The number of hydrogen-bond acceptors (Lipinski definition) is 5. The summed E-state index contributed by atoms with van der Waals surface area (Å²) in [6.45, 7) is 2.88. The van der Waals surface area contributed by atoms with Crippen LogP contribution in [0.4, 0.5) is 11.5 Å². The van der Waals surface area contributed by atoms with Crippen LogP contribution in [0.5, 0.6) is 0 Å². The number of rotatable bonds is 8. The van der Waals surface area contributed by atoms with Gasteiger partial charge < -0.3 is 21.7 Å². The van der Waals surface area contributed by atoms with Crippen molar-refractivity contribution in [3.8, 4) is 11.3 Å². The summed E-state index contributed by atoms with van der Waals surface area (Å²) in [7, 11) is 0. The van der Waals surface area contributed by atoms with Crippen LogP contribution in [0.3, 0.4) is 0 Å². The Morgan fingerprint density at radius 2 is 1.79 bits per heavy atom. The van der Waals surface area contributed by atoms with Crippen molar-refractivity contribution in [3.63, 3.8) is 0 Å². The van der Waals surface area contributed by atoms with Crippen molar-refractivity contribution >= 4 is 29.0 Å². The van der Waals surface area contributed by atoms with E-state index in [4.69, 9.17) is 10.7 Å². The third-order valence-corrected chi connectivity index (χ3v) is 5.10. The number of pyridine rings is 1. The minimum atomic E-state index is -0.189. The second kappa shape index (κ2) is 9.97. The maximum atomic E-state index is 12.4. The zero-order valence-corrected chi connectivity index (χ0v) is 18.3. The molecule has 0 aliphatic rings. The molecule has 2 heterocycles. The quantitative estimate of drug-likeness (QED) is 0.335. The van der Waals surface area contributed by atoms with Gasteiger partial charge in [-0.2, -0.15) is 0 Å². The van der Waals surface area contributed by atoms with Crippen molar-refractivity contribution in [3.05, 3.63) is 84.1 Å². The lowest BCUT2D eigenvalue weighted by Crippen LogP contribution is -2.29. The summed E-state index contributed by atoms with van der Waals surface area (Å²) < 4.78 is 1.93. The van der Waals surface area contributed by atoms with E-state index < -0.39 is 0 Å². The maximum Gasteiger partial charge on any atom is 0.251 e. The first-order valence-electron chi connectivity index (χ1n) is 10.7. The number of amides is 2. The molecule has 0 aliphatic carbocycles. The van der Waals surface area contributed by atoms with Crippen LogP contribution in [0, 0.1) is 0 Å². The van der Waals surface area contributed by atoms with Gasteiger partial charge >= 0.3 is 0 Å². The largest absolute Gasteiger partial charge is 0.365 e. The highest BCUT2D eigenvalue weighted by atomic mass is 16.2. The highest BCUT2D eigenvalue weighted by Gasteiger charge is 2.16. The van der Waals surface area contributed by atoms with E-state index in [-0.39, 0.29) is 11.8 Å². The zero-order chi connectivity index (χ0) is 23.2. The monoisotopic (exact) mass is 442 g/mol. The van der Waals surface area contributed by atoms with Gasteiger partial charge in [-0.25, -0.2) is 4.98 Å². The van der Waals surface area contributed by atoms with Crippen LogP contribution in [0.1, 0.15) is 22.8 Å². The Morgan fingerprint density at radius 1 is 1.03 bits per heavy atom. The summed E-state index contributed by atoms with van der Waals surface area (Å²) in [5, 5.41) is 9.05. The Labute approximate surface area is 191 Å². The second-order valence-corrected chi connectivity index (χ2v) is 7.59. The van der Waals surface area contributed by atoms with Crippen molar-refractivity contribution < 1.29 is 9.59 Å². The Morgan fingerprint density at radius 3 is 2.48 bits per heavy atom. The molecule has 0 aliphatic heterocycles. The molecule has 4 rings (SSSR count). The minimum absolute atomic E-state index is 0.124. The first kappa shape index (κ1) is 22.0. The van der Waals surface area contributed by atoms with Crippen molar-refractivity contribution in [1.29, 1.82) is 0 Å². The molecule has 4 aromatic rings. The molecule has 8 heteroatoms. The molecule has 8 nitrogen and oxygen atoms in total. The number of benzene rings is 2. The molecule has 5 N–H and O–H groups in total. The maximum absolute atomic E-state index is 12.4. The zero-order valence-electron chi connectivity index (χ0n) is 18.3. The molecule has 33 heavy (non-hydrogen) atoms. The van der Waals surface area contributed by atoms with Gasteiger partial charge in [0.05, 0.1) is 0 Å². The fraction of sp³-hybridized carbons (Fsp3) is 0.160. The predicted octanol–water partition coefficient (Wildman–Crippen LogP) is 3.26. The van der Waals surface area contributed by atoms with Crippen molar-refractivity contribution in [2.75, 3.05) is 23.7 Å². The summed E-state index contributed by atoms with van der Waals surface area (Å²) in [6, 6.07) is 21.1. The van der Waals surface area contributed by atoms with E-state index in [0.29, 0.717) is 36.5 Å². The number of nitrogens with one attached hydrogen (secondary N) is 3. The smallest absolute Gasteiger partial charge is 0.251 e. The van der Waals surface area contributed by atoms with Gasteiger partial charge in [-0.15, -0.1) is 0 Å². The van der Waals surface area contributed by atoms with E-state index in [1.807, 2.05) is 53.1 Å². The molecule has 2 amide bonds. The highest BCUT2D eigenvalue weighted by molar-refractivity contribution is 5.95. The average molecular weight is 443 g/mol. The number of fused-ring (bicyclic) bond motifs is 1. The fourth-order valence-corrected chi connectivity index (χ4v) is 3.54. The Balaban J connectivity index is 1.72. The molecule has 0 saturated carbocycles. The van der Waals surface area contributed by atoms with E-state index in [1.165, 1.54) is 6.92 Å². The lowest BCUT2D eigenvalue weighted by Gasteiger charge is -2.10.